The molecule has 1 aromatic carbocycles. The van der Waals surface area contributed by atoms with Crippen LogP contribution in [0.25, 0.3) is 0 Å². The van der Waals surface area contributed by atoms with Crippen molar-refractivity contribution in [1.82, 2.24) is 0 Å². The average Bonchev–Trinajstić information content (AvgIpc) is 2.20. The van der Waals surface area contributed by atoms with E-state index in [1.807, 2.05) is 0 Å². The molecule has 0 radical (unpaired) electrons. The van der Waals surface area contributed by atoms with Crippen molar-refractivity contribution >= 4 is 11.6 Å². The molecule has 0 N–H and O–H groups in total. The molecule has 0 aromatic heterocycles. The summed E-state index contributed by atoms with van der Waals surface area (Å²) in [6, 6.07) is 8.77. The van der Waals surface area contributed by atoms with Gasteiger partial charge in [0.2, 0.25) is 0 Å². The van der Waals surface area contributed by atoms with Crippen molar-refractivity contribution < 1.29 is 0 Å². The van der Waals surface area contributed by atoms with Gasteiger partial charge in [-0.15, -0.1) is 11.6 Å². The van der Waals surface area contributed by atoms with E-state index in [9.17, 15) is 0 Å². The summed E-state index contributed by atoms with van der Waals surface area (Å²) in [5.41, 5.74) is 2.74. The van der Waals surface area contributed by atoms with Crippen LogP contribution < -0.4 is 0 Å². The van der Waals surface area contributed by atoms with Gasteiger partial charge in [-0.05, 0) is 31.2 Å². The lowest BCUT2D eigenvalue weighted by atomic mass is 9.96. The molecule has 1 atom stereocenters. The van der Waals surface area contributed by atoms with Gasteiger partial charge in [0.1, 0.15) is 0 Å². The van der Waals surface area contributed by atoms with Gasteiger partial charge in [0, 0.05) is 5.88 Å². The first-order chi connectivity index (χ1) is 6.76. The predicted octanol–water partition coefficient (Wildman–Crippen LogP) is 4.19. The van der Waals surface area contributed by atoms with E-state index in [4.69, 9.17) is 11.6 Å². The van der Waals surface area contributed by atoms with Crippen LogP contribution in [-0.4, -0.2) is 5.88 Å². The first-order valence-electron chi connectivity index (χ1n) is 5.37. The van der Waals surface area contributed by atoms with E-state index >= 15 is 0 Å². The highest BCUT2D eigenvalue weighted by molar-refractivity contribution is 6.18. The fraction of sp³-hybridized carbons (Fsp3) is 0.538. The third kappa shape index (κ3) is 3.71. The fourth-order valence-electron chi connectivity index (χ4n) is 1.70. The summed E-state index contributed by atoms with van der Waals surface area (Å²) in [4.78, 5) is 0. The maximum absolute atomic E-state index is 5.93. The van der Waals surface area contributed by atoms with E-state index in [2.05, 4.69) is 38.1 Å². The molecule has 0 amide bonds. The van der Waals surface area contributed by atoms with Crippen LogP contribution in [0.15, 0.2) is 24.3 Å². The molecule has 0 aliphatic carbocycles. The minimum atomic E-state index is 0.643. The van der Waals surface area contributed by atoms with Crippen molar-refractivity contribution in [2.75, 3.05) is 5.88 Å². The van der Waals surface area contributed by atoms with Crippen LogP contribution in [0.4, 0.5) is 0 Å². The highest BCUT2D eigenvalue weighted by atomic mass is 35.5. The minimum Gasteiger partial charge on any atom is -0.126 e. The number of halogens is 1. The van der Waals surface area contributed by atoms with Gasteiger partial charge in [-0.1, -0.05) is 43.2 Å². The van der Waals surface area contributed by atoms with Crippen molar-refractivity contribution in [3.8, 4) is 0 Å². The van der Waals surface area contributed by atoms with Crippen LogP contribution in [0.2, 0.25) is 0 Å². The number of hydrogen-bond donors (Lipinski definition) is 0. The third-order valence-electron chi connectivity index (χ3n) is 2.56. The fourth-order valence-corrected chi connectivity index (χ4v) is 1.96. The summed E-state index contributed by atoms with van der Waals surface area (Å²) >= 11 is 5.93. The second-order valence-electron chi connectivity index (χ2n) is 4.00. The number of hydrogen-bond acceptors (Lipinski definition) is 0. The molecule has 78 valence electrons. The van der Waals surface area contributed by atoms with E-state index < -0.39 is 0 Å². The van der Waals surface area contributed by atoms with Gasteiger partial charge in [-0.3, -0.25) is 0 Å². The summed E-state index contributed by atoms with van der Waals surface area (Å²) < 4.78 is 0. The third-order valence-corrected chi connectivity index (χ3v) is 3.00. The van der Waals surface area contributed by atoms with E-state index in [1.54, 1.807) is 0 Å². The number of alkyl halides is 1. The molecule has 0 aliphatic heterocycles. The Morgan fingerprint density at radius 3 is 2.36 bits per heavy atom. The lowest BCUT2D eigenvalue weighted by molar-refractivity contribution is 0.528. The molecule has 0 saturated heterocycles. The van der Waals surface area contributed by atoms with Gasteiger partial charge in [-0.25, -0.2) is 0 Å². The van der Waals surface area contributed by atoms with Crippen LogP contribution in [-0.2, 0) is 6.42 Å². The predicted molar refractivity (Wildman–Crippen MR) is 64.0 cm³/mol. The molecule has 1 aromatic rings. The van der Waals surface area contributed by atoms with Gasteiger partial charge >= 0.3 is 0 Å². The van der Waals surface area contributed by atoms with E-state index in [1.165, 1.54) is 24.0 Å². The van der Waals surface area contributed by atoms with Gasteiger partial charge in [-0.2, -0.15) is 0 Å². The SMILES string of the molecule is CCCC(CCl)Cc1ccc(C)cc1. The molecule has 0 spiro atoms. The van der Waals surface area contributed by atoms with E-state index in [-0.39, 0.29) is 0 Å². The Hall–Kier alpha value is -0.490. The van der Waals surface area contributed by atoms with Gasteiger partial charge in [0.15, 0.2) is 0 Å². The van der Waals surface area contributed by atoms with Crippen LogP contribution in [0.3, 0.4) is 0 Å². The summed E-state index contributed by atoms with van der Waals surface area (Å²) in [7, 11) is 0. The summed E-state index contributed by atoms with van der Waals surface area (Å²) in [5, 5.41) is 0. The number of rotatable bonds is 5. The van der Waals surface area contributed by atoms with E-state index in [0.29, 0.717) is 5.92 Å². The number of benzene rings is 1. The van der Waals surface area contributed by atoms with Crippen molar-refractivity contribution in [1.29, 1.82) is 0 Å². The second-order valence-corrected chi connectivity index (χ2v) is 4.31. The largest absolute Gasteiger partial charge is 0.126 e. The zero-order chi connectivity index (χ0) is 10.4. The Kier molecular flexibility index (Phi) is 5.03. The molecule has 0 bridgehead atoms. The molecule has 1 unspecified atom stereocenters. The van der Waals surface area contributed by atoms with Gasteiger partial charge in [0.05, 0.1) is 0 Å². The van der Waals surface area contributed by atoms with Crippen molar-refractivity contribution in [2.24, 2.45) is 5.92 Å². The smallest absolute Gasteiger partial charge is 0.0254 e. The highest BCUT2D eigenvalue weighted by Crippen LogP contribution is 2.16. The monoisotopic (exact) mass is 210 g/mol. The van der Waals surface area contributed by atoms with Gasteiger partial charge < -0.3 is 0 Å². The quantitative estimate of drug-likeness (QED) is 0.640. The lowest BCUT2D eigenvalue weighted by Crippen LogP contribution is -2.05. The zero-order valence-corrected chi connectivity index (χ0v) is 9.85. The normalized spacial score (nSPS) is 12.8. The van der Waals surface area contributed by atoms with E-state index in [0.717, 1.165) is 12.3 Å². The second kappa shape index (κ2) is 6.08. The Bertz CT molecular complexity index is 250. The molecule has 1 heteroatoms. The van der Waals surface area contributed by atoms with Crippen LogP contribution in [0, 0.1) is 12.8 Å². The first-order valence-corrected chi connectivity index (χ1v) is 5.91. The lowest BCUT2D eigenvalue weighted by Gasteiger charge is -2.12. The average molecular weight is 211 g/mol. The molecule has 0 nitrogen and oxygen atoms in total. The molecule has 0 heterocycles. The minimum absolute atomic E-state index is 0.643. The van der Waals surface area contributed by atoms with Crippen molar-refractivity contribution in [3.05, 3.63) is 35.4 Å². The highest BCUT2D eigenvalue weighted by Gasteiger charge is 2.06. The number of aryl methyl sites for hydroxylation is 1. The molecule has 0 fully saturated rings. The first kappa shape index (κ1) is 11.6. The molecule has 0 saturated carbocycles. The van der Waals surface area contributed by atoms with Crippen molar-refractivity contribution in [2.45, 2.75) is 33.1 Å². The maximum atomic E-state index is 5.93. The molecule has 14 heavy (non-hydrogen) atoms. The summed E-state index contributed by atoms with van der Waals surface area (Å²) in [6.45, 7) is 4.34. The zero-order valence-electron chi connectivity index (χ0n) is 9.09. The topological polar surface area (TPSA) is 0 Å². The molecule has 1 rings (SSSR count). The van der Waals surface area contributed by atoms with Crippen molar-refractivity contribution in [3.63, 3.8) is 0 Å². The summed E-state index contributed by atoms with van der Waals surface area (Å²) in [6.07, 6.45) is 3.58. The Balaban J connectivity index is 2.53. The van der Waals surface area contributed by atoms with Crippen LogP contribution in [0.5, 0.6) is 0 Å². The van der Waals surface area contributed by atoms with Crippen LogP contribution >= 0.6 is 11.6 Å². The Labute approximate surface area is 92.3 Å². The summed E-state index contributed by atoms with van der Waals surface area (Å²) in [5.74, 6) is 1.42. The van der Waals surface area contributed by atoms with Gasteiger partial charge in [0.25, 0.3) is 0 Å². The van der Waals surface area contributed by atoms with Crippen LogP contribution in [0.1, 0.15) is 30.9 Å². The standard InChI is InChI=1S/C13H19Cl/c1-3-4-13(10-14)9-12-7-5-11(2)6-8-12/h5-8,13H,3-4,9-10H2,1-2H3. The maximum Gasteiger partial charge on any atom is 0.0254 e. The Morgan fingerprint density at radius 2 is 1.86 bits per heavy atom. The molecular weight excluding hydrogens is 192 g/mol. The Morgan fingerprint density at radius 1 is 1.21 bits per heavy atom. The molecular formula is C13H19Cl. The molecule has 0 aliphatic rings.